The third kappa shape index (κ3) is 3.47. The van der Waals surface area contributed by atoms with Crippen LogP contribution in [0.3, 0.4) is 0 Å². The van der Waals surface area contributed by atoms with Crippen LogP contribution in [0.1, 0.15) is 15.9 Å². The molecule has 0 aliphatic carbocycles. The molecule has 2 aromatic carbocycles. The smallest absolute Gasteiger partial charge is 0.180 e. The fourth-order valence-electron chi connectivity index (χ4n) is 1.92. The zero-order valence-electron chi connectivity index (χ0n) is 11.8. The fourth-order valence-corrected chi connectivity index (χ4v) is 2.19. The number of halogens is 1. The van der Waals surface area contributed by atoms with Gasteiger partial charge in [-0.25, -0.2) is 0 Å². The maximum absolute atomic E-state index is 10.8. The van der Waals surface area contributed by atoms with Crippen LogP contribution in [0, 0.1) is 0 Å². The quantitative estimate of drug-likeness (QED) is 0.762. The average Bonchev–Trinajstić information content (AvgIpc) is 2.53. The summed E-state index contributed by atoms with van der Waals surface area (Å²) in [6.07, 6.45) is 0.707. The molecule has 0 bridgehead atoms. The van der Waals surface area contributed by atoms with Gasteiger partial charge >= 0.3 is 0 Å². The fraction of sp³-hybridized carbons (Fsp3) is 0.188. The molecule has 0 radical (unpaired) electrons. The summed E-state index contributed by atoms with van der Waals surface area (Å²) >= 11 is 6.14. The average molecular weight is 307 g/mol. The Labute approximate surface area is 128 Å². The van der Waals surface area contributed by atoms with Crippen LogP contribution in [0.25, 0.3) is 0 Å². The maximum Gasteiger partial charge on any atom is 0.180 e. The molecule has 0 saturated carbocycles. The van der Waals surface area contributed by atoms with Crippen molar-refractivity contribution in [2.24, 2.45) is 0 Å². The van der Waals surface area contributed by atoms with E-state index in [4.69, 9.17) is 25.8 Å². The highest BCUT2D eigenvalue weighted by Gasteiger charge is 2.13. The molecule has 0 aliphatic heterocycles. The van der Waals surface area contributed by atoms with Crippen molar-refractivity contribution in [3.63, 3.8) is 0 Å². The Bertz CT molecular complexity index is 640. The molecule has 0 saturated heterocycles. The van der Waals surface area contributed by atoms with Gasteiger partial charge in [-0.15, -0.1) is 0 Å². The normalized spacial score (nSPS) is 10.0. The number of aldehydes is 1. The first-order chi connectivity index (χ1) is 10.2. The number of carbonyl (C=O) groups excluding carboxylic acids is 1. The van der Waals surface area contributed by atoms with Gasteiger partial charge in [0.15, 0.2) is 11.5 Å². The lowest BCUT2D eigenvalue weighted by Crippen LogP contribution is -2.01. The van der Waals surface area contributed by atoms with E-state index >= 15 is 0 Å². The van der Waals surface area contributed by atoms with Crippen LogP contribution in [-0.2, 0) is 6.61 Å². The first kappa shape index (κ1) is 15.2. The lowest BCUT2D eigenvalue weighted by molar-refractivity contribution is 0.112. The molecule has 4 nitrogen and oxygen atoms in total. The first-order valence-corrected chi connectivity index (χ1v) is 6.64. The lowest BCUT2D eigenvalue weighted by atomic mass is 10.2. The monoisotopic (exact) mass is 306 g/mol. The van der Waals surface area contributed by atoms with Crippen LogP contribution in [0.5, 0.6) is 17.2 Å². The van der Waals surface area contributed by atoms with Gasteiger partial charge in [0.1, 0.15) is 18.6 Å². The lowest BCUT2D eigenvalue weighted by Gasteiger charge is -2.14. The van der Waals surface area contributed by atoms with Gasteiger partial charge in [-0.05, 0) is 18.2 Å². The summed E-state index contributed by atoms with van der Waals surface area (Å²) in [5, 5.41) is 0.325. The largest absolute Gasteiger partial charge is 0.496 e. The minimum atomic E-state index is 0.278. The maximum atomic E-state index is 10.8. The molecule has 0 fully saturated rings. The third-order valence-corrected chi connectivity index (χ3v) is 3.23. The van der Waals surface area contributed by atoms with Crippen LogP contribution >= 0.6 is 11.6 Å². The molecule has 0 atom stereocenters. The summed E-state index contributed by atoms with van der Waals surface area (Å²) in [5.41, 5.74) is 1.32. The first-order valence-electron chi connectivity index (χ1n) is 6.27. The zero-order chi connectivity index (χ0) is 15.2. The Hall–Kier alpha value is -2.20. The zero-order valence-corrected chi connectivity index (χ0v) is 12.5. The molecular weight excluding hydrogens is 292 g/mol. The van der Waals surface area contributed by atoms with Gasteiger partial charge in [-0.3, -0.25) is 4.79 Å². The third-order valence-electron chi connectivity index (χ3n) is 2.95. The van der Waals surface area contributed by atoms with Gasteiger partial charge in [-0.2, -0.15) is 0 Å². The van der Waals surface area contributed by atoms with Gasteiger partial charge in [0.05, 0.1) is 19.2 Å². The molecule has 0 heterocycles. The van der Waals surface area contributed by atoms with Crippen molar-refractivity contribution in [1.82, 2.24) is 0 Å². The van der Waals surface area contributed by atoms with E-state index in [-0.39, 0.29) is 6.61 Å². The van der Waals surface area contributed by atoms with Crippen LogP contribution in [-0.4, -0.2) is 20.5 Å². The Kier molecular flexibility index (Phi) is 5.06. The van der Waals surface area contributed by atoms with Crippen molar-refractivity contribution in [1.29, 1.82) is 0 Å². The number of methoxy groups -OCH3 is 2. The SMILES string of the molecule is COc1ccccc1COc1c(Cl)cc(C=O)cc1OC. The van der Waals surface area contributed by atoms with Gasteiger partial charge in [0, 0.05) is 11.1 Å². The predicted molar refractivity (Wildman–Crippen MR) is 80.7 cm³/mol. The number of hydrogen-bond donors (Lipinski definition) is 0. The van der Waals surface area contributed by atoms with Crippen molar-refractivity contribution in [2.75, 3.05) is 14.2 Å². The van der Waals surface area contributed by atoms with E-state index in [1.807, 2.05) is 24.3 Å². The minimum Gasteiger partial charge on any atom is -0.496 e. The van der Waals surface area contributed by atoms with Crippen LogP contribution in [0.15, 0.2) is 36.4 Å². The summed E-state index contributed by atoms with van der Waals surface area (Å²) in [7, 11) is 3.10. The highest BCUT2D eigenvalue weighted by atomic mass is 35.5. The highest BCUT2D eigenvalue weighted by molar-refractivity contribution is 6.32. The summed E-state index contributed by atoms with van der Waals surface area (Å²) < 4.78 is 16.2. The summed E-state index contributed by atoms with van der Waals surface area (Å²) in [4.78, 5) is 10.8. The Morgan fingerprint density at radius 2 is 1.81 bits per heavy atom. The van der Waals surface area contributed by atoms with Crippen molar-refractivity contribution < 1.29 is 19.0 Å². The topological polar surface area (TPSA) is 44.8 Å². The molecule has 0 aliphatic rings. The Morgan fingerprint density at radius 3 is 2.48 bits per heavy atom. The minimum absolute atomic E-state index is 0.278. The van der Waals surface area contributed by atoms with Crippen molar-refractivity contribution >= 4 is 17.9 Å². The molecule has 2 rings (SSSR count). The Balaban J connectivity index is 2.25. The summed E-state index contributed by atoms with van der Waals surface area (Å²) in [6, 6.07) is 10.7. The second-order valence-electron chi connectivity index (χ2n) is 4.25. The van der Waals surface area contributed by atoms with E-state index in [2.05, 4.69) is 0 Å². The van der Waals surface area contributed by atoms with Gasteiger partial charge in [0.25, 0.3) is 0 Å². The van der Waals surface area contributed by atoms with E-state index in [1.54, 1.807) is 13.2 Å². The van der Waals surface area contributed by atoms with Gasteiger partial charge < -0.3 is 14.2 Å². The molecule has 21 heavy (non-hydrogen) atoms. The molecule has 2 aromatic rings. The predicted octanol–water partition coefficient (Wildman–Crippen LogP) is 3.75. The molecule has 0 N–H and O–H groups in total. The number of para-hydroxylation sites is 1. The van der Waals surface area contributed by atoms with Crippen molar-refractivity contribution in [3.05, 3.63) is 52.5 Å². The molecule has 0 spiro atoms. The highest BCUT2D eigenvalue weighted by Crippen LogP contribution is 2.37. The van der Waals surface area contributed by atoms with Gasteiger partial charge in [0.2, 0.25) is 0 Å². The van der Waals surface area contributed by atoms with Gasteiger partial charge in [-0.1, -0.05) is 29.8 Å². The van der Waals surface area contributed by atoms with E-state index in [1.165, 1.54) is 13.2 Å². The summed E-state index contributed by atoms with van der Waals surface area (Å²) in [5.74, 6) is 1.55. The number of ether oxygens (including phenoxy) is 3. The molecule has 5 heteroatoms. The standard InChI is InChI=1S/C16H15ClO4/c1-19-14-6-4-3-5-12(14)10-21-16-13(17)7-11(9-18)8-15(16)20-2/h3-9H,10H2,1-2H3. The van der Waals surface area contributed by atoms with Crippen LogP contribution in [0.2, 0.25) is 5.02 Å². The van der Waals surface area contributed by atoms with Crippen molar-refractivity contribution in [3.8, 4) is 17.2 Å². The van der Waals surface area contributed by atoms with E-state index in [0.717, 1.165) is 11.3 Å². The van der Waals surface area contributed by atoms with E-state index < -0.39 is 0 Å². The van der Waals surface area contributed by atoms with Crippen LogP contribution < -0.4 is 14.2 Å². The van der Waals surface area contributed by atoms with E-state index in [9.17, 15) is 4.79 Å². The molecule has 110 valence electrons. The molecule has 0 amide bonds. The molecular formula is C16H15ClO4. The molecule has 0 unspecified atom stereocenters. The second-order valence-corrected chi connectivity index (χ2v) is 4.66. The number of hydrogen-bond acceptors (Lipinski definition) is 4. The van der Waals surface area contributed by atoms with Crippen molar-refractivity contribution in [2.45, 2.75) is 6.61 Å². The van der Waals surface area contributed by atoms with Crippen LogP contribution in [0.4, 0.5) is 0 Å². The second kappa shape index (κ2) is 6.99. The molecule has 0 aromatic heterocycles. The number of carbonyl (C=O) groups is 1. The Morgan fingerprint density at radius 1 is 1.10 bits per heavy atom. The number of rotatable bonds is 6. The van der Waals surface area contributed by atoms with E-state index in [0.29, 0.717) is 28.4 Å². The number of benzene rings is 2. The summed E-state index contributed by atoms with van der Waals surface area (Å²) in [6.45, 7) is 0.278.